The summed E-state index contributed by atoms with van der Waals surface area (Å²) in [6.45, 7) is 3.09. The van der Waals surface area contributed by atoms with Crippen LogP contribution >= 0.6 is 0 Å². The van der Waals surface area contributed by atoms with E-state index in [1.54, 1.807) is 26.0 Å². The predicted molar refractivity (Wildman–Crippen MR) is 68.0 cm³/mol. The first kappa shape index (κ1) is 14.5. The minimum atomic E-state index is -3.64. The molecule has 1 aromatic rings. The van der Waals surface area contributed by atoms with Crippen molar-refractivity contribution in [1.29, 1.82) is 0 Å². The molecule has 0 radical (unpaired) electrons. The summed E-state index contributed by atoms with van der Waals surface area (Å²) < 4.78 is 26.5. The van der Waals surface area contributed by atoms with E-state index in [2.05, 4.69) is 10.0 Å². The van der Waals surface area contributed by atoms with Crippen LogP contribution < -0.4 is 10.0 Å². The summed E-state index contributed by atoms with van der Waals surface area (Å²) in [4.78, 5) is 10.5. The zero-order chi connectivity index (χ0) is 13.8. The first-order valence-corrected chi connectivity index (χ1v) is 6.88. The van der Waals surface area contributed by atoms with E-state index >= 15 is 0 Å². The second-order valence-corrected chi connectivity index (χ2v) is 5.70. The number of hydrogen-bond acceptors (Lipinski definition) is 4. The number of carboxylic acid groups (broad SMARTS) is 1. The van der Waals surface area contributed by atoms with Crippen LogP contribution in [0.2, 0.25) is 0 Å². The number of hydrogen-bond donors (Lipinski definition) is 3. The molecule has 0 amide bonds. The van der Waals surface area contributed by atoms with Crippen LogP contribution in [0.25, 0.3) is 0 Å². The Morgan fingerprint density at radius 1 is 1.33 bits per heavy atom. The number of rotatable bonds is 6. The van der Waals surface area contributed by atoms with Crippen molar-refractivity contribution < 1.29 is 18.3 Å². The maximum Gasteiger partial charge on any atom is 0.322 e. The molecule has 100 valence electrons. The van der Waals surface area contributed by atoms with E-state index in [1.165, 1.54) is 12.1 Å². The van der Waals surface area contributed by atoms with Crippen LogP contribution in [0.1, 0.15) is 13.8 Å². The van der Waals surface area contributed by atoms with Crippen LogP contribution in [0.5, 0.6) is 0 Å². The van der Waals surface area contributed by atoms with Gasteiger partial charge in [-0.3, -0.25) is 4.79 Å². The third-order valence-corrected chi connectivity index (χ3v) is 3.71. The Morgan fingerprint density at radius 3 is 2.50 bits per heavy atom. The lowest BCUT2D eigenvalue weighted by atomic mass is 10.3. The molecule has 3 N–H and O–H groups in total. The molecule has 0 unspecified atom stereocenters. The summed E-state index contributed by atoms with van der Waals surface area (Å²) in [5.74, 6) is -1.06. The van der Waals surface area contributed by atoms with Gasteiger partial charge in [0.2, 0.25) is 10.0 Å². The molecule has 0 fully saturated rings. The van der Waals surface area contributed by atoms with Crippen LogP contribution in [-0.4, -0.2) is 32.1 Å². The van der Waals surface area contributed by atoms with Crippen molar-refractivity contribution in [3.8, 4) is 0 Å². The van der Waals surface area contributed by atoms with E-state index in [4.69, 9.17) is 5.11 Å². The molecule has 0 spiro atoms. The Hall–Kier alpha value is -1.60. The maximum absolute atomic E-state index is 12.0. The molecule has 18 heavy (non-hydrogen) atoms. The van der Waals surface area contributed by atoms with Gasteiger partial charge in [0.05, 0.1) is 5.69 Å². The molecule has 0 aromatic heterocycles. The zero-order valence-corrected chi connectivity index (χ0v) is 11.0. The highest BCUT2D eigenvalue weighted by molar-refractivity contribution is 7.89. The molecular formula is C11H16N2O4S. The average molecular weight is 272 g/mol. The van der Waals surface area contributed by atoms with Crippen molar-refractivity contribution in [2.24, 2.45) is 0 Å². The fraction of sp³-hybridized carbons (Fsp3) is 0.364. The molecule has 0 aliphatic heterocycles. The Morgan fingerprint density at radius 2 is 1.94 bits per heavy atom. The summed E-state index contributed by atoms with van der Waals surface area (Å²) in [6.07, 6.45) is 0. The lowest BCUT2D eigenvalue weighted by Gasteiger charge is -2.13. The molecular weight excluding hydrogens is 256 g/mol. The van der Waals surface area contributed by atoms with Crippen molar-refractivity contribution in [1.82, 2.24) is 4.72 Å². The summed E-state index contributed by atoms with van der Waals surface area (Å²) >= 11 is 0. The lowest BCUT2D eigenvalue weighted by molar-refractivity contribution is -0.134. The Labute approximate surface area is 106 Å². The number of para-hydroxylation sites is 1. The van der Waals surface area contributed by atoms with Gasteiger partial charge in [-0.15, -0.1) is 0 Å². The highest BCUT2D eigenvalue weighted by Crippen LogP contribution is 2.20. The Kier molecular flexibility index (Phi) is 4.69. The van der Waals surface area contributed by atoms with Gasteiger partial charge in [-0.1, -0.05) is 12.1 Å². The largest absolute Gasteiger partial charge is 0.480 e. The van der Waals surface area contributed by atoms with Crippen molar-refractivity contribution >= 4 is 21.7 Å². The number of benzene rings is 1. The van der Waals surface area contributed by atoms with Gasteiger partial charge < -0.3 is 10.4 Å². The standard InChI is InChI=1S/C11H16N2O4S/c1-8(2)13-18(16,17)10-6-4-3-5-9(10)12-7-11(14)15/h3-6,8,12-13H,7H2,1-2H3,(H,14,15). The highest BCUT2D eigenvalue weighted by atomic mass is 32.2. The van der Waals surface area contributed by atoms with Gasteiger partial charge >= 0.3 is 5.97 Å². The van der Waals surface area contributed by atoms with E-state index in [0.29, 0.717) is 0 Å². The molecule has 0 atom stereocenters. The molecule has 1 aromatic carbocycles. The first-order chi connectivity index (χ1) is 8.33. The van der Waals surface area contributed by atoms with Crippen molar-refractivity contribution in [2.75, 3.05) is 11.9 Å². The first-order valence-electron chi connectivity index (χ1n) is 5.40. The van der Waals surface area contributed by atoms with Crippen molar-refractivity contribution in [3.63, 3.8) is 0 Å². The van der Waals surface area contributed by atoms with E-state index in [0.717, 1.165) is 0 Å². The van der Waals surface area contributed by atoms with E-state index in [1.807, 2.05) is 0 Å². The third kappa shape index (κ3) is 4.01. The van der Waals surface area contributed by atoms with E-state index in [-0.39, 0.29) is 23.2 Å². The van der Waals surface area contributed by atoms with Crippen molar-refractivity contribution in [2.45, 2.75) is 24.8 Å². The number of aliphatic carboxylic acids is 1. The zero-order valence-electron chi connectivity index (χ0n) is 10.2. The van der Waals surface area contributed by atoms with Gasteiger partial charge in [0.1, 0.15) is 11.4 Å². The molecule has 0 bridgehead atoms. The number of anilines is 1. The van der Waals surface area contributed by atoms with Crippen LogP contribution in [0.4, 0.5) is 5.69 Å². The van der Waals surface area contributed by atoms with Gasteiger partial charge in [0, 0.05) is 6.04 Å². The molecule has 6 nitrogen and oxygen atoms in total. The monoisotopic (exact) mass is 272 g/mol. The molecule has 0 aliphatic rings. The fourth-order valence-corrected chi connectivity index (χ4v) is 2.83. The minimum Gasteiger partial charge on any atom is -0.480 e. The maximum atomic E-state index is 12.0. The summed E-state index contributed by atoms with van der Waals surface area (Å²) in [6, 6.07) is 5.94. The van der Waals surface area contributed by atoms with Crippen LogP contribution in [0.3, 0.4) is 0 Å². The van der Waals surface area contributed by atoms with Crippen LogP contribution in [0, 0.1) is 0 Å². The van der Waals surface area contributed by atoms with Crippen LogP contribution in [-0.2, 0) is 14.8 Å². The van der Waals surface area contributed by atoms with E-state index in [9.17, 15) is 13.2 Å². The molecule has 0 aliphatic carbocycles. The molecule has 0 saturated heterocycles. The van der Waals surface area contributed by atoms with Crippen LogP contribution in [0.15, 0.2) is 29.2 Å². The third-order valence-electron chi connectivity index (χ3n) is 2.00. The fourth-order valence-electron chi connectivity index (χ4n) is 1.39. The smallest absolute Gasteiger partial charge is 0.322 e. The molecule has 1 rings (SSSR count). The van der Waals surface area contributed by atoms with Gasteiger partial charge in [-0.05, 0) is 26.0 Å². The second-order valence-electron chi connectivity index (χ2n) is 4.02. The van der Waals surface area contributed by atoms with Gasteiger partial charge in [0.15, 0.2) is 0 Å². The molecule has 0 saturated carbocycles. The Bertz CT molecular complexity index is 526. The SMILES string of the molecule is CC(C)NS(=O)(=O)c1ccccc1NCC(=O)O. The number of carboxylic acids is 1. The second kappa shape index (κ2) is 5.83. The van der Waals surface area contributed by atoms with E-state index < -0.39 is 16.0 Å². The Balaban J connectivity index is 3.05. The average Bonchev–Trinajstić information content (AvgIpc) is 2.25. The summed E-state index contributed by atoms with van der Waals surface area (Å²) in [7, 11) is -3.64. The summed E-state index contributed by atoms with van der Waals surface area (Å²) in [5.41, 5.74) is 0.271. The quantitative estimate of drug-likeness (QED) is 0.714. The minimum absolute atomic E-state index is 0.0416. The number of nitrogens with one attached hydrogen (secondary N) is 2. The number of carbonyl (C=O) groups is 1. The van der Waals surface area contributed by atoms with Gasteiger partial charge in [0.25, 0.3) is 0 Å². The van der Waals surface area contributed by atoms with Crippen molar-refractivity contribution in [3.05, 3.63) is 24.3 Å². The van der Waals surface area contributed by atoms with Gasteiger partial charge in [-0.25, -0.2) is 13.1 Å². The lowest BCUT2D eigenvalue weighted by Crippen LogP contribution is -2.31. The summed E-state index contributed by atoms with van der Waals surface area (Å²) in [5, 5.41) is 11.2. The molecule has 0 heterocycles. The highest BCUT2D eigenvalue weighted by Gasteiger charge is 2.19. The predicted octanol–water partition coefficient (Wildman–Crippen LogP) is 0.870. The molecule has 7 heteroatoms. The normalized spacial score (nSPS) is 11.5. The number of sulfonamides is 1. The van der Waals surface area contributed by atoms with Gasteiger partial charge in [-0.2, -0.15) is 0 Å². The topological polar surface area (TPSA) is 95.5 Å².